The van der Waals surface area contributed by atoms with E-state index in [2.05, 4.69) is 15.1 Å². The maximum Gasteiger partial charge on any atom is 0.222 e. The van der Waals surface area contributed by atoms with E-state index >= 15 is 0 Å². The molecule has 6 nitrogen and oxygen atoms in total. The number of hydrogen-bond acceptors (Lipinski definition) is 4. The number of aryl methyl sites for hydroxylation is 3. The molecule has 2 aromatic rings. The van der Waals surface area contributed by atoms with E-state index in [0.717, 1.165) is 56.1 Å². The summed E-state index contributed by atoms with van der Waals surface area (Å²) in [6, 6.07) is 6.16. The molecular formula is C18H25N5O. The average Bonchev–Trinajstić information content (AvgIpc) is 2.94. The van der Waals surface area contributed by atoms with Crippen molar-refractivity contribution in [1.29, 1.82) is 0 Å². The zero-order chi connectivity index (χ0) is 16.9. The molecule has 0 aromatic carbocycles. The fourth-order valence-electron chi connectivity index (χ4n) is 3.39. The predicted octanol–water partition coefficient (Wildman–Crippen LogP) is 2.48. The summed E-state index contributed by atoms with van der Waals surface area (Å²) in [4.78, 5) is 23.2. The lowest BCUT2D eigenvalue weighted by molar-refractivity contribution is -0.133. The number of piperidine rings is 1. The highest BCUT2D eigenvalue weighted by Crippen LogP contribution is 2.22. The first-order valence-electron chi connectivity index (χ1n) is 8.71. The van der Waals surface area contributed by atoms with Crippen molar-refractivity contribution in [2.45, 2.75) is 52.0 Å². The van der Waals surface area contributed by atoms with Crippen LogP contribution in [0.5, 0.6) is 0 Å². The minimum Gasteiger partial charge on any atom is -0.341 e. The first kappa shape index (κ1) is 16.6. The van der Waals surface area contributed by atoms with E-state index in [1.54, 1.807) is 6.20 Å². The lowest BCUT2D eigenvalue weighted by Gasteiger charge is -2.33. The Morgan fingerprint density at radius 2 is 2.21 bits per heavy atom. The first-order valence-corrected chi connectivity index (χ1v) is 8.71. The smallest absolute Gasteiger partial charge is 0.222 e. The van der Waals surface area contributed by atoms with Gasteiger partial charge >= 0.3 is 0 Å². The third-order valence-corrected chi connectivity index (χ3v) is 4.55. The molecule has 24 heavy (non-hydrogen) atoms. The zero-order valence-electron chi connectivity index (χ0n) is 14.5. The van der Waals surface area contributed by atoms with Crippen LogP contribution in [0.3, 0.4) is 0 Å². The van der Waals surface area contributed by atoms with E-state index in [9.17, 15) is 4.79 Å². The van der Waals surface area contributed by atoms with E-state index in [1.165, 1.54) is 0 Å². The number of carbonyl (C=O) groups excluding carboxylic acids is 1. The molecule has 1 atom stereocenters. The number of pyridine rings is 1. The second kappa shape index (κ2) is 7.55. The second-order valence-corrected chi connectivity index (χ2v) is 6.46. The zero-order valence-corrected chi connectivity index (χ0v) is 14.5. The summed E-state index contributed by atoms with van der Waals surface area (Å²) in [6.45, 7) is 5.48. The van der Waals surface area contributed by atoms with Crippen LogP contribution in [0, 0.1) is 13.8 Å². The van der Waals surface area contributed by atoms with Crippen LogP contribution < -0.4 is 0 Å². The van der Waals surface area contributed by atoms with Crippen LogP contribution in [0.15, 0.2) is 24.4 Å². The molecule has 0 N–H and O–H groups in total. The van der Waals surface area contributed by atoms with Gasteiger partial charge in [-0.15, -0.1) is 0 Å². The van der Waals surface area contributed by atoms with E-state index in [-0.39, 0.29) is 11.9 Å². The van der Waals surface area contributed by atoms with E-state index < -0.39 is 0 Å². The van der Waals surface area contributed by atoms with Gasteiger partial charge in [-0.1, -0.05) is 6.07 Å². The van der Waals surface area contributed by atoms with E-state index in [1.807, 2.05) is 41.6 Å². The fraction of sp³-hybridized carbons (Fsp3) is 0.556. The molecule has 6 heteroatoms. The summed E-state index contributed by atoms with van der Waals surface area (Å²) in [5, 5.41) is 4.49. The number of aromatic nitrogens is 4. The molecule has 0 bridgehead atoms. The Hall–Kier alpha value is -2.24. The Balaban J connectivity index is 1.52. The fourth-order valence-corrected chi connectivity index (χ4v) is 3.39. The van der Waals surface area contributed by atoms with E-state index in [4.69, 9.17) is 0 Å². The number of hydrogen-bond donors (Lipinski definition) is 0. The molecular weight excluding hydrogens is 302 g/mol. The highest BCUT2D eigenvalue weighted by atomic mass is 16.2. The van der Waals surface area contributed by atoms with E-state index in [0.29, 0.717) is 6.42 Å². The molecule has 3 rings (SSSR count). The van der Waals surface area contributed by atoms with Crippen molar-refractivity contribution in [2.75, 3.05) is 13.1 Å². The van der Waals surface area contributed by atoms with Crippen molar-refractivity contribution in [3.05, 3.63) is 41.7 Å². The number of carbonyl (C=O) groups is 1. The normalized spacial score (nSPS) is 17.9. The van der Waals surface area contributed by atoms with Crippen molar-refractivity contribution in [1.82, 2.24) is 24.6 Å². The first-order chi connectivity index (χ1) is 11.6. The Labute approximate surface area is 142 Å². The molecule has 2 aromatic heterocycles. The van der Waals surface area contributed by atoms with Crippen molar-refractivity contribution in [2.24, 2.45) is 0 Å². The lowest BCUT2D eigenvalue weighted by atomic mass is 10.0. The van der Waals surface area contributed by atoms with Crippen molar-refractivity contribution >= 4 is 5.91 Å². The number of amides is 1. The molecule has 1 saturated heterocycles. The molecule has 1 fully saturated rings. The standard InChI is InChI=1S/C18H25N5O/c1-14-20-15(2)23(21-14)17-9-6-12-22(13-17)18(24)10-5-8-16-7-3-4-11-19-16/h3-4,7,11,17H,5-6,8-10,12-13H2,1-2H3/t17-/m1/s1. The average molecular weight is 327 g/mol. The summed E-state index contributed by atoms with van der Waals surface area (Å²) in [7, 11) is 0. The van der Waals surface area contributed by atoms with Gasteiger partial charge in [-0.2, -0.15) is 5.10 Å². The van der Waals surface area contributed by atoms with Crippen LogP contribution in [-0.2, 0) is 11.2 Å². The molecule has 128 valence electrons. The highest BCUT2D eigenvalue weighted by Gasteiger charge is 2.26. The van der Waals surface area contributed by atoms with Gasteiger partial charge in [0.15, 0.2) is 0 Å². The van der Waals surface area contributed by atoms with Gasteiger partial charge in [0, 0.05) is 31.4 Å². The monoisotopic (exact) mass is 327 g/mol. The van der Waals surface area contributed by atoms with Crippen LogP contribution in [-0.4, -0.2) is 43.6 Å². The van der Waals surface area contributed by atoms with Gasteiger partial charge < -0.3 is 4.90 Å². The molecule has 1 aliphatic heterocycles. The maximum atomic E-state index is 12.5. The van der Waals surface area contributed by atoms with Crippen LogP contribution in [0.1, 0.15) is 49.1 Å². The molecule has 0 unspecified atom stereocenters. The Kier molecular flexibility index (Phi) is 5.23. The molecule has 1 amide bonds. The van der Waals surface area contributed by atoms with Crippen molar-refractivity contribution in [3.8, 4) is 0 Å². The van der Waals surface area contributed by atoms with Gasteiger partial charge in [0.1, 0.15) is 11.6 Å². The Morgan fingerprint density at radius 3 is 2.92 bits per heavy atom. The molecule has 3 heterocycles. The second-order valence-electron chi connectivity index (χ2n) is 6.46. The molecule has 1 aliphatic rings. The molecule has 0 spiro atoms. The van der Waals surface area contributed by atoms with Gasteiger partial charge in [0.2, 0.25) is 5.91 Å². The quantitative estimate of drug-likeness (QED) is 0.846. The lowest BCUT2D eigenvalue weighted by Crippen LogP contribution is -2.41. The summed E-state index contributed by atoms with van der Waals surface area (Å²) in [6.07, 6.45) is 6.16. The van der Waals surface area contributed by atoms with Crippen LogP contribution in [0.4, 0.5) is 0 Å². The van der Waals surface area contributed by atoms with Crippen molar-refractivity contribution < 1.29 is 4.79 Å². The van der Waals surface area contributed by atoms with Gasteiger partial charge in [-0.25, -0.2) is 9.67 Å². The molecule has 0 radical (unpaired) electrons. The van der Waals surface area contributed by atoms with Gasteiger partial charge in [-0.05, 0) is 51.7 Å². The summed E-state index contributed by atoms with van der Waals surface area (Å²) in [5.74, 6) is 1.97. The maximum absolute atomic E-state index is 12.5. The summed E-state index contributed by atoms with van der Waals surface area (Å²) >= 11 is 0. The number of likely N-dealkylation sites (tertiary alicyclic amines) is 1. The summed E-state index contributed by atoms with van der Waals surface area (Å²) in [5.41, 5.74) is 1.05. The van der Waals surface area contributed by atoms with Crippen LogP contribution in [0.2, 0.25) is 0 Å². The summed E-state index contributed by atoms with van der Waals surface area (Å²) < 4.78 is 1.99. The SMILES string of the molecule is Cc1nc(C)n([C@@H]2CCCN(C(=O)CCCc3ccccn3)C2)n1. The highest BCUT2D eigenvalue weighted by molar-refractivity contribution is 5.76. The third-order valence-electron chi connectivity index (χ3n) is 4.55. The van der Waals surface area contributed by atoms with Crippen LogP contribution >= 0.6 is 0 Å². The topological polar surface area (TPSA) is 63.9 Å². The van der Waals surface area contributed by atoms with Crippen molar-refractivity contribution in [3.63, 3.8) is 0 Å². The minimum atomic E-state index is 0.241. The van der Waals surface area contributed by atoms with Crippen LogP contribution in [0.25, 0.3) is 0 Å². The largest absolute Gasteiger partial charge is 0.341 e. The minimum absolute atomic E-state index is 0.241. The molecule has 0 aliphatic carbocycles. The Bertz CT molecular complexity index is 682. The number of rotatable bonds is 5. The van der Waals surface area contributed by atoms with Gasteiger partial charge in [-0.3, -0.25) is 9.78 Å². The van der Waals surface area contributed by atoms with Gasteiger partial charge in [0.05, 0.1) is 6.04 Å². The predicted molar refractivity (Wildman–Crippen MR) is 91.5 cm³/mol. The number of nitrogens with zero attached hydrogens (tertiary/aromatic N) is 5. The Morgan fingerprint density at radius 1 is 1.33 bits per heavy atom. The molecule has 0 saturated carbocycles. The third kappa shape index (κ3) is 3.99. The van der Waals surface area contributed by atoms with Gasteiger partial charge in [0.25, 0.3) is 0 Å².